The van der Waals surface area contributed by atoms with Gasteiger partial charge < -0.3 is 5.73 Å². The second-order valence-corrected chi connectivity index (χ2v) is 5.90. The average Bonchev–Trinajstić information content (AvgIpc) is 2.31. The molecule has 0 amide bonds. The highest BCUT2D eigenvalue weighted by Crippen LogP contribution is 2.13. The number of benzene rings is 1. The molecule has 0 aliphatic rings. The summed E-state index contributed by atoms with van der Waals surface area (Å²) >= 11 is 0. The van der Waals surface area contributed by atoms with Crippen molar-refractivity contribution in [3.63, 3.8) is 0 Å². The molecule has 2 unspecified atom stereocenters. The Hall–Kier alpha value is -0.740. The summed E-state index contributed by atoms with van der Waals surface area (Å²) in [5.41, 5.74) is 6.82. The Labute approximate surface area is 105 Å². The van der Waals surface area contributed by atoms with Crippen LogP contribution in [0.1, 0.15) is 31.4 Å². The fraction of sp³-hybridized carbons (Fsp3) is 0.538. The van der Waals surface area contributed by atoms with Crippen LogP contribution in [0.4, 0.5) is 4.39 Å². The van der Waals surface area contributed by atoms with E-state index in [2.05, 4.69) is 13.8 Å². The molecule has 0 fully saturated rings. The molecule has 0 aliphatic heterocycles. The van der Waals surface area contributed by atoms with Crippen LogP contribution in [-0.4, -0.2) is 9.96 Å². The summed E-state index contributed by atoms with van der Waals surface area (Å²) in [5.74, 6) is 1.36. The van der Waals surface area contributed by atoms with Gasteiger partial charge in [-0.2, -0.15) is 0 Å². The van der Waals surface area contributed by atoms with Gasteiger partial charge in [-0.05, 0) is 17.5 Å². The van der Waals surface area contributed by atoms with E-state index in [1.807, 2.05) is 0 Å². The lowest BCUT2D eigenvalue weighted by Crippen LogP contribution is -2.09. The lowest BCUT2D eigenvalue weighted by molar-refractivity contribution is 0.609. The number of hydrogen-bond acceptors (Lipinski definition) is 2. The highest BCUT2D eigenvalue weighted by Gasteiger charge is 2.08. The summed E-state index contributed by atoms with van der Waals surface area (Å²) in [6, 6.07) is 4.80. The van der Waals surface area contributed by atoms with Crippen molar-refractivity contribution < 1.29 is 8.60 Å². The first kappa shape index (κ1) is 14.3. The molecule has 1 aromatic rings. The van der Waals surface area contributed by atoms with Crippen LogP contribution in [0.25, 0.3) is 0 Å². The van der Waals surface area contributed by atoms with Gasteiger partial charge in [0.2, 0.25) is 0 Å². The second kappa shape index (κ2) is 6.87. The van der Waals surface area contributed by atoms with Gasteiger partial charge in [0, 0.05) is 34.4 Å². The van der Waals surface area contributed by atoms with Crippen LogP contribution in [0.5, 0.6) is 0 Å². The summed E-state index contributed by atoms with van der Waals surface area (Å²) in [6.45, 7) is 4.36. The number of nitrogens with two attached hydrogens (primary N) is 1. The minimum absolute atomic E-state index is 0.178. The molecule has 1 rings (SSSR count). The van der Waals surface area contributed by atoms with Gasteiger partial charge in [0.1, 0.15) is 5.82 Å². The SMILES string of the molecule is CCC(C)CS(=O)Cc1ccc(F)c(CN)c1. The van der Waals surface area contributed by atoms with Crippen LogP contribution in [0.3, 0.4) is 0 Å². The van der Waals surface area contributed by atoms with Crippen molar-refractivity contribution in [3.8, 4) is 0 Å². The molecule has 0 saturated heterocycles. The van der Waals surface area contributed by atoms with Gasteiger partial charge in [0.05, 0.1) is 0 Å². The summed E-state index contributed by atoms with van der Waals surface area (Å²) in [5, 5.41) is 0. The van der Waals surface area contributed by atoms with Crippen molar-refractivity contribution in [2.24, 2.45) is 11.7 Å². The van der Waals surface area contributed by atoms with Crippen molar-refractivity contribution in [2.45, 2.75) is 32.6 Å². The van der Waals surface area contributed by atoms with Crippen LogP contribution >= 0.6 is 0 Å². The van der Waals surface area contributed by atoms with E-state index in [0.29, 0.717) is 23.0 Å². The summed E-state index contributed by atoms with van der Waals surface area (Å²) in [6.07, 6.45) is 1.03. The molecule has 0 aromatic heterocycles. The third-order valence-electron chi connectivity index (χ3n) is 2.83. The summed E-state index contributed by atoms with van der Waals surface area (Å²) < 4.78 is 25.1. The van der Waals surface area contributed by atoms with Gasteiger partial charge in [0.25, 0.3) is 0 Å². The molecule has 96 valence electrons. The number of hydrogen-bond donors (Lipinski definition) is 1. The zero-order valence-electron chi connectivity index (χ0n) is 10.4. The zero-order chi connectivity index (χ0) is 12.8. The maximum atomic E-state index is 13.2. The van der Waals surface area contributed by atoms with E-state index in [1.54, 1.807) is 12.1 Å². The third kappa shape index (κ3) is 4.56. The Morgan fingerprint density at radius 1 is 1.47 bits per heavy atom. The van der Waals surface area contributed by atoms with Gasteiger partial charge in [-0.15, -0.1) is 0 Å². The van der Waals surface area contributed by atoms with E-state index < -0.39 is 10.8 Å². The summed E-state index contributed by atoms with van der Waals surface area (Å²) in [4.78, 5) is 0. The first-order valence-electron chi connectivity index (χ1n) is 5.89. The van der Waals surface area contributed by atoms with Crippen LogP contribution < -0.4 is 5.73 Å². The third-order valence-corrected chi connectivity index (χ3v) is 4.42. The lowest BCUT2D eigenvalue weighted by atomic mass is 10.1. The molecule has 4 heteroatoms. The molecule has 0 spiro atoms. The largest absolute Gasteiger partial charge is 0.326 e. The molecule has 0 saturated carbocycles. The standard InChI is InChI=1S/C13H20FNOS/c1-3-10(2)8-17(16)9-11-4-5-13(14)12(6-11)7-15/h4-6,10H,3,7-9,15H2,1-2H3. The smallest absolute Gasteiger partial charge is 0.127 e. The van der Waals surface area contributed by atoms with E-state index in [0.717, 1.165) is 12.0 Å². The van der Waals surface area contributed by atoms with Crippen molar-refractivity contribution in [1.82, 2.24) is 0 Å². The highest BCUT2D eigenvalue weighted by molar-refractivity contribution is 7.84. The van der Waals surface area contributed by atoms with E-state index >= 15 is 0 Å². The Kier molecular flexibility index (Phi) is 5.78. The fourth-order valence-electron chi connectivity index (χ4n) is 1.55. The topological polar surface area (TPSA) is 43.1 Å². The van der Waals surface area contributed by atoms with Crippen LogP contribution in [0.2, 0.25) is 0 Å². The lowest BCUT2D eigenvalue weighted by Gasteiger charge is -2.09. The van der Waals surface area contributed by atoms with Gasteiger partial charge in [-0.25, -0.2) is 4.39 Å². The molecule has 17 heavy (non-hydrogen) atoms. The monoisotopic (exact) mass is 257 g/mol. The maximum absolute atomic E-state index is 13.2. The Balaban J connectivity index is 2.65. The summed E-state index contributed by atoms with van der Waals surface area (Å²) in [7, 11) is -0.881. The van der Waals surface area contributed by atoms with Crippen LogP contribution in [-0.2, 0) is 23.1 Å². The van der Waals surface area contributed by atoms with Gasteiger partial charge >= 0.3 is 0 Å². The molecule has 2 nitrogen and oxygen atoms in total. The first-order chi connectivity index (χ1) is 8.06. The van der Waals surface area contributed by atoms with E-state index in [-0.39, 0.29) is 12.4 Å². The first-order valence-corrected chi connectivity index (χ1v) is 7.38. The molecule has 2 N–H and O–H groups in total. The van der Waals surface area contributed by atoms with Crippen molar-refractivity contribution >= 4 is 10.8 Å². The molecule has 2 atom stereocenters. The molecule has 0 heterocycles. The Bertz CT molecular complexity index is 395. The van der Waals surface area contributed by atoms with Gasteiger partial charge in [0.15, 0.2) is 0 Å². The van der Waals surface area contributed by atoms with E-state index in [1.165, 1.54) is 6.07 Å². The predicted molar refractivity (Wildman–Crippen MR) is 70.5 cm³/mol. The molecule has 0 bridgehead atoms. The van der Waals surface area contributed by atoms with Crippen molar-refractivity contribution in [3.05, 3.63) is 35.1 Å². The van der Waals surface area contributed by atoms with E-state index in [4.69, 9.17) is 5.73 Å². The Morgan fingerprint density at radius 3 is 2.76 bits per heavy atom. The normalized spacial score (nSPS) is 14.6. The number of rotatable bonds is 6. The van der Waals surface area contributed by atoms with Crippen LogP contribution in [0, 0.1) is 11.7 Å². The molecular formula is C13H20FNOS. The minimum atomic E-state index is -0.881. The van der Waals surface area contributed by atoms with Crippen molar-refractivity contribution in [2.75, 3.05) is 5.75 Å². The Morgan fingerprint density at radius 2 is 2.18 bits per heavy atom. The van der Waals surface area contributed by atoms with Crippen LogP contribution in [0.15, 0.2) is 18.2 Å². The predicted octanol–water partition coefficient (Wildman–Crippen LogP) is 2.58. The fourth-order valence-corrected chi connectivity index (χ4v) is 3.09. The zero-order valence-corrected chi connectivity index (χ0v) is 11.2. The highest BCUT2D eigenvalue weighted by atomic mass is 32.2. The maximum Gasteiger partial charge on any atom is 0.127 e. The van der Waals surface area contributed by atoms with Crippen molar-refractivity contribution in [1.29, 1.82) is 0 Å². The van der Waals surface area contributed by atoms with Gasteiger partial charge in [-0.1, -0.05) is 32.4 Å². The average molecular weight is 257 g/mol. The molecule has 0 aliphatic carbocycles. The van der Waals surface area contributed by atoms with Gasteiger partial charge in [-0.3, -0.25) is 4.21 Å². The molecule has 1 aromatic carbocycles. The van der Waals surface area contributed by atoms with E-state index in [9.17, 15) is 8.60 Å². The number of halogens is 1. The molecular weight excluding hydrogens is 237 g/mol. The second-order valence-electron chi connectivity index (χ2n) is 4.39. The molecule has 0 radical (unpaired) electrons. The quantitative estimate of drug-likeness (QED) is 0.851. The minimum Gasteiger partial charge on any atom is -0.326 e.